The molecular weight excluding hydrogens is 276 g/mol. The summed E-state index contributed by atoms with van der Waals surface area (Å²) in [5, 5.41) is 13.2. The number of rotatable bonds is 2. The normalized spacial score (nSPS) is 10.7. The van der Waals surface area contributed by atoms with Crippen molar-refractivity contribution in [2.75, 3.05) is 0 Å². The minimum absolute atomic E-state index is 0.0562. The first-order chi connectivity index (χ1) is 10.1. The van der Waals surface area contributed by atoms with Crippen molar-refractivity contribution >= 4 is 16.6 Å². The molecule has 3 aromatic rings. The van der Waals surface area contributed by atoms with Gasteiger partial charge in [-0.2, -0.15) is 0 Å². The monoisotopic (exact) mass is 284 g/mol. The Balaban J connectivity index is 2.26. The summed E-state index contributed by atoms with van der Waals surface area (Å²) in [7, 11) is 0. The van der Waals surface area contributed by atoms with Gasteiger partial charge in [0, 0.05) is 18.3 Å². The second-order valence-electron chi connectivity index (χ2n) is 4.25. The lowest BCUT2D eigenvalue weighted by Crippen LogP contribution is -2.29. The topological polar surface area (TPSA) is 111 Å². The molecule has 0 atom stereocenters. The van der Waals surface area contributed by atoms with Crippen molar-refractivity contribution in [3.8, 4) is 5.69 Å². The van der Waals surface area contributed by atoms with Gasteiger partial charge in [-0.15, -0.1) is 0 Å². The number of benzene rings is 1. The van der Waals surface area contributed by atoms with E-state index in [0.29, 0.717) is 5.69 Å². The zero-order valence-electron chi connectivity index (χ0n) is 10.5. The molecule has 2 heterocycles. The van der Waals surface area contributed by atoms with E-state index in [4.69, 9.17) is 0 Å². The SMILES string of the molecule is O=c1[nH]n(-c2ccc([N+](=O)[O-])cc2)c(=O)c2cccnc12. The van der Waals surface area contributed by atoms with Crippen molar-refractivity contribution in [2.45, 2.75) is 0 Å². The summed E-state index contributed by atoms with van der Waals surface area (Å²) in [5.74, 6) is 0. The number of aromatic nitrogens is 3. The number of nitro groups is 1. The molecular formula is C13H8N4O4. The van der Waals surface area contributed by atoms with Crippen LogP contribution in [0.1, 0.15) is 0 Å². The number of pyridine rings is 1. The Morgan fingerprint density at radius 1 is 1.14 bits per heavy atom. The number of H-pyrrole nitrogens is 1. The predicted molar refractivity (Wildman–Crippen MR) is 74.6 cm³/mol. The molecule has 0 spiro atoms. The van der Waals surface area contributed by atoms with Crippen molar-refractivity contribution in [2.24, 2.45) is 0 Å². The van der Waals surface area contributed by atoms with Crippen molar-refractivity contribution in [3.05, 3.63) is 73.4 Å². The fourth-order valence-corrected chi connectivity index (χ4v) is 1.99. The Kier molecular flexibility index (Phi) is 2.83. The smallest absolute Gasteiger partial charge is 0.267 e. The zero-order valence-corrected chi connectivity index (χ0v) is 10.5. The third-order valence-corrected chi connectivity index (χ3v) is 2.99. The molecule has 0 saturated heterocycles. The summed E-state index contributed by atoms with van der Waals surface area (Å²) in [5.41, 5.74) is -0.680. The van der Waals surface area contributed by atoms with Gasteiger partial charge in [0.05, 0.1) is 16.0 Å². The van der Waals surface area contributed by atoms with Crippen molar-refractivity contribution in [1.29, 1.82) is 0 Å². The molecule has 104 valence electrons. The number of hydrogen-bond donors (Lipinski definition) is 1. The highest BCUT2D eigenvalue weighted by atomic mass is 16.6. The average Bonchev–Trinajstić information content (AvgIpc) is 2.51. The van der Waals surface area contributed by atoms with E-state index in [9.17, 15) is 19.7 Å². The number of hydrogen-bond acceptors (Lipinski definition) is 5. The van der Waals surface area contributed by atoms with E-state index in [-0.39, 0.29) is 16.6 Å². The standard InChI is InChI=1S/C13H8N4O4/c18-12-11-10(2-1-7-14-11)13(19)16(15-12)8-3-5-9(6-4-8)17(20)21/h1-7H,(H,15,18). The Morgan fingerprint density at radius 3 is 2.52 bits per heavy atom. The van der Waals surface area contributed by atoms with Gasteiger partial charge in [-0.1, -0.05) is 0 Å². The van der Waals surface area contributed by atoms with Crippen LogP contribution in [0.3, 0.4) is 0 Å². The quantitative estimate of drug-likeness (QED) is 0.557. The summed E-state index contributed by atoms with van der Waals surface area (Å²) in [6, 6.07) is 8.35. The van der Waals surface area contributed by atoms with E-state index in [1.807, 2.05) is 0 Å². The molecule has 0 bridgehead atoms. The van der Waals surface area contributed by atoms with Crippen molar-refractivity contribution in [1.82, 2.24) is 14.8 Å². The molecule has 3 rings (SSSR count). The van der Waals surface area contributed by atoms with Gasteiger partial charge in [-0.3, -0.25) is 29.8 Å². The lowest BCUT2D eigenvalue weighted by molar-refractivity contribution is -0.384. The molecule has 1 N–H and O–H groups in total. The van der Waals surface area contributed by atoms with Crippen LogP contribution in [-0.2, 0) is 0 Å². The molecule has 2 aromatic heterocycles. The van der Waals surface area contributed by atoms with Crippen molar-refractivity contribution in [3.63, 3.8) is 0 Å². The molecule has 0 radical (unpaired) electrons. The summed E-state index contributed by atoms with van der Waals surface area (Å²) >= 11 is 0. The van der Waals surface area contributed by atoms with E-state index >= 15 is 0 Å². The highest BCUT2D eigenvalue weighted by Gasteiger charge is 2.10. The van der Waals surface area contributed by atoms with Crippen LogP contribution in [0.15, 0.2) is 52.2 Å². The average molecular weight is 284 g/mol. The first-order valence-corrected chi connectivity index (χ1v) is 5.93. The predicted octanol–water partition coefficient (Wildman–Crippen LogP) is 0.982. The fraction of sp³-hybridized carbons (Fsp3) is 0. The first-order valence-electron chi connectivity index (χ1n) is 5.93. The first kappa shape index (κ1) is 12.7. The summed E-state index contributed by atoms with van der Waals surface area (Å²) in [6.45, 7) is 0. The van der Waals surface area contributed by atoms with Gasteiger partial charge in [0.2, 0.25) is 0 Å². The highest BCUT2D eigenvalue weighted by molar-refractivity contribution is 5.76. The number of nitrogens with zero attached hydrogens (tertiary/aromatic N) is 3. The second-order valence-corrected chi connectivity index (χ2v) is 4.25. The molecule has 8 nitrogen and oxygen atoms in total. The minimum atomic E-state index is -0.542. The van der Waals surface area contributed by atoms with Gasteiger partial charge < -0.3 is 0 Å². The van der Waals surface area contributed by atoms with Crippen LogP contribution in [0.25, 0.3) is 16.6 Å². The van der Waals surface area contributed by atoms with Crippen LogP contribution in [0.4, 0.5) is 5.69 Å². The summed E-state index contributed by atoms with van der Waals surface area (Å²) in [6.07, 6.45) is 1.42. The minimum Gasteiger partial charge on any atom is -0.267 e. The summed E-state index contributed by atoms with van der Waals surface area (Å²) in [4.78, 5) is 38.2. The maximum atomic E-state index is 12.3. The Morgan fingerprint density at radius 2 is 1.86 bits per heavy atom. The second kappa shape index (κ2) is 4.67. The fourth-order valence-electron chi connectivity index (χ4n) is 1.99. The molecule has 0 saturated carbocycles. The van der Waals surface area contributed by atoms with E-state index in [2.05, 4.69) is 10.1 Å². The maximum Gasteiger partial charge on any atom is 0.289 e. The van der Waals surface area contributed by atoms with Gasteiger partial charge in [0.25, 0.3) is 16.8 Å². The largest absolute Gasteiger partial charge is 0.289 e. The van der Waals surface area contributed by atoms with Crippen LogP contribution in [-0.4, -0.2) is 19.7 Å². The number of nitro benzene ring substituents is 1. The van der Waals surface area contributed by atoms with Gasteiger partial charge in [-0.25, -0.2) is 4.68 Å². The molecule has 0 amide bonds. The van der Waals surface area contributed by atoms with Gasteiger partial charge in [0.15, 0.2) is 0 Å². The third kappa shape index (κ3) is 2.08. The molecule has 0 aliphatic rings. The number of non-ortho nitro benzene ring substituents is 1. The molecule has 8 heteroatoms. The molecule has 0 aliphatic heterocycles. The molecule has 21 heavy (non-hydrogen) atoms. The number of aromatic amines is 1. The molecule has 1 aromatic carbocycles. The molecule has 0 fully saturated rings. The van der Waals surface area contributed by atoms with Gasteiger partial charge in [-0.05, 0) is 24.3 Å². The third-order valence-electron chi connectivity index (χ3n) is 2.99. The lowest BCUT2D eigenvalue weighted by Gasteiger charge is -2.06. The molecule has 0 aliphatic carbocycles. The zero-order chi connectivity index (χ0) is 15.0. The van der Waals surface area contributed by atoms with E-state index in [1.54, 1.807) is 6.07 Å². The maximum absolute atomic E-state index is 12.3. The number of nitrogens with one attached hydrogen (secondary N) is 1. The van der Waals surface area contributed by atoms with E-state index in [0.717, 1.165) is 4.68 Å². The molecule has 0 unspecified atom stereocenters. The van der Waals surface area contributed by atoms with Crippen LogP contribution >= 0.6 is 0 Å². The van der Waals surface area contributed by atoms with Gasteiger partial charge >= 0.3 is 0 Å². The Bertz CT molecular complexity index is 956. The summed E-state index contributed by atoms with van der Waals surface area (Å²) < 4.78 is 1.04. The Labute approximate surface area is 116 Å². The number of fused-ring (bicyclic) bond motifs is 1. The van der Waals surface area contributed by atoms with Crippen LogP contribution in [0, 0.1) is 10.1 Å². The van der Waals surface area contributed by atoms with E-state index in [1.165, 1.54) is 36.5 Å². The highest BCUT2D eigenvalue weighted by Crippen LogP contribution is 2.13. The van der Waals surface area contributed by atoms with E-state index < -0.39 is 16.0 Å². The lowest BCUT2D eigenvalue weighted by atomic mass is 10.2. The van der Waals surface area contributed by atoms with Crippen LogP contribution in [0.5, 0.6) is 0 Å². The Hall–Kier alpha value is -3.29. The van der Waals surface area contributed by atoms with Gasteiger partial charge in [0.1, 0.15) is 5.52 Å². The van der Waals surface area contributed by atoms with Crippen LogP contribution < -0.4 is 11.1 Å². The van der Waals surface area contributed by atoms with Crippen LogP contribution in [0.2, 0.25) is 0 Å². The van der Waals surface area contributed by atoms with Crippen molar-refractivity contribution < 1.29 is 4.92 Å².